The first-order valence-corrected chi connectivity index (χ1v) is 12.4. The predicted molar refractivity (Wildman–Crippen MR) is 134 cm³/mol. The van der Waals surface area contributed by atoms with Gasteiger partial charge in [-0.05, 0) is 38.0 Å². The molecule has 3 aromatic rings. The molecule has 0 radical (unpaired) electrons. The van der Waals surface area contributed by atoms with Crippen LogP contribution in [0.4, 0.5) is 4.39 Å². The molecule has 0 fully saturated rings. The summed E-state index contributed by atoms with van der Waals surface area (Å²) in [5.74, 6) is -1.27. The molecule has 0 unspecified atom stereocenters. The van der Waals surface area contributed by atoms with Gasteiger partial charge in [0.1, 0.15) is 6.61 Å². The maximum atomic E-state index is 14.7. The third-order valence-corrected chi connectivity index (χ3v) is 7.56. The highest BCUT2D eigenvalue weighted by atomic mass is 19.1. The van der Waals surface area contributed by atoms with E-state index in [1.54, 1.807) is 23.6 Å². The van der Waals surface area contributed by atoms with Crippen LogP contribution in [0, 0.1) is 5.82 Å². The second-order valence-corrected chi connectivity index (χ2v) is 9.81. The number of rotatable bonds is 7. The number of nitrogens with zero attached hydrogens (tertiary/aromatic N) is 3. The molecule has 2 aliphatic heterocycles. The van der Waals surface area contributed by atoms with Crippen molar-refractivity contribution in [3.05, 3.63) is 56.6 Å². The van der Waals surface area contributed by atoms with E-state index in [1.807, 2.05) is 13.8 Å². The van der Waals surface area contributed by atoms with Crippen molar-refractivity contribution < 1.29 is 28.9 Å². The fraction of sp³-hybridized carbons (Fsp3) is 0.444. The normalized spacial score (nSPS) is 18.2. The smallest absolute Gasteiger partial charge is 0.343 e. The summed E-state index contributed by atoms with van der Waals surface area (Å²) in [4.78, 5) is 32.9. The van der Waals surface area contributed by atoms with Crippen LogP contribution in [0.3, 0.4) is 0 Å². The Morgan fingerprint density at radius 2 is 2.03 bits per heavy atom. The molecule has 0 saturated carbocycles. The lowest BCUT2D eigenvalue weighted by Gasteiger charge is -2.31. The van der Waals surface area contributed by atoms with Crippen LogP contribution in [-0.4, -0.2) is 56.9 Å². The first kappa shape index (κ1) is 25.3. The molecule has 1 atom stereocenters. The van der Waals surface area contributed by atoms with Gasteiger partial charge in [-0.25, -0.2) is 14.2 Å². The van der Waals surface area contributed by atoms with Gasteiger partial charge in [-0.1, -0.05) is 6.92 Å². The standard InChI is InChI=1S/C27H30FN3O6/c1-5-27(35)19-9-22-24-17(12-31(22)25(33)18(19)13-37-26(27)34)16(11-30(6-7-32)14(2)3)15-8-23(36-4)20(28)10-21(15)29-24/h8-10,14,32,35H,5-7,11-13H2,1-4H3/t27-/m0/s1. The van der Waals surface area contributed by atoms with Crippen molar-refractivity contribution in [3.8, 4) is 17.1 Å². The molecule has 0 amide bonds. The molecule has 0 saturated heterocycles. The number of fused-ring (bicyclic) bond motifs is 5. The second-order valence-electron chi connectivity index (χ2n) is 9.81. The number of hydrogen-bond acceptors (Lipinski definition) is 8. The lowest BCUT2D eigenvalue weighted by molar-refractivity contribution is -0.172. The van der Waals surface area contributed by atoms with Gasteiger partial charge in [0.05, 0.1) is 42.7 Å². The molecule has 37 heavy (non-hydrogen) atoms. The number of aliphatic hydroxyl groups is 2. The Balaban J connectivity index is 1.79. The Morgan fingerprint density at radius 3 is 2.68 bits per heavy atom. The summed E-state index contributed by atoms with van der Waals surface area (Å²) in [5, 5.41) is 21.5. The Bertz CT molecular complexity index is 1480. The Morgan fingerprint density at radius 1 is 1.27 bits per heavy atom. The number of ether oxygens (including phenoxy) is 2. The number of aromatic nitrogens is 2. The molecule has 0 aliphatic carbocycles. The molecule has 5 rings (SSSR count). The van der Waals surface area contributed by atoms with Crippen molar-refractivity contribution in [1.29, 1.82) is 0 Å². The van der Waals surface area contributed by atoms with E-state index >= 15 is 0 Å². The molecule has 2 N–H and O–H groups in total. The van der Waals surface area contributed by atoms with Crippen LogP contribution >= 0.6 is 0 Å². The fourth-order valence-corrected chi connectivity index (χ4v) is 5.35. The van der Waals surface area contributed by atoms with Crippen molar-refractivity contribution in [2.75, 3.05) is 20.3 Å². The molecule has 1 aromatic carbocycles. The molecule has 4 heterocycles. The van der Waals surface area contributed by atoms with E-state index in [-0.39, 0.29) is 54.7 Å². The minimum absolute atomic E-state index is 0.0304. The predicted octanol–water partition coefficient (Wildman–Crippen LogP) is 2.43. The van der Waals surface area contributed by atoms with E-state index < -0.39 is 17.4 Å². The summed E-state index contributed by atoms with van der Waals surface area (Å²) in [6.07, 6.45) is 0.0422. The van der Waals surface area contributed by atoms with Crippen LogP contribution in [-0.2, 0) is 34.8 Å². The van der Waals surface area contributed by atoms with Crippen molar-refractivity contribution in [1.82, 2.24) is 14.5 Å². The number of carbonyl (C=O) groups excluding carboxylic acids is 1. The Labute approximate surface area is 213 Å². The van der Waals surface area contributed by atoms with Gasteiger partial charge in [0.2, 0.25) is 0 Å². The van der Waals surface area contributed by atoms with Crippen molar-refractivity contribution in [2.45, 2.75) is 58.5 Å². The lowest BCUT2D eigenvalue weighted by Crippen LogP contribution is -2.44. The van der Waals surface area contributed by atoms with Gasteiger partial charge in [0.25, 0.3) is 5.56 Å². The number of cyclic esters (lactones) is 1. The van der Waals surface area contributed by atoms with E-state index in [1.165, 1.54) is 13.2 Å². The maximum absolute atomic E-state index is 14.7. The molecule has 2 aromatic heterocycles. The number of benzene rings is 1. The van der Waals surface area contributed by atoms with Gasteiger partial charge in [0.15, 0.2) is 17.2 Å². The van der Waals surface area contributed by atoms with Crippen LogP contribution in [0.2, 0.25) is 0 Å². The summed E-state index contributed by atoms with van der Waals surface area (Å²) in [7, 11) is 1.40. The number of pyridine rings is 2. The highest BCUT2D eigenvalue weighted by Gasteiger charge is 2.45. The zero-order valence-electron chi connectivity index (χ0n) is 21.3. The zero-order valence-corrected chi connectivity index (χ0v) is 21.3. The van der Waals surface area contributed by atoms with Crippen molar-refractivity contribution in [2.24, 2.45) is 0 Å². The summed E-state index contributed by atoms with van der Waals surface area (Å²) < 4.78 is 26.7. The van der Waals surface area contributed by atoms with Gasteiger partial charge >= 0.3 is 5.97 Å². The van der Waals surface area contributed by atoms with E-state index in [4.69, 9.17) is 14.5 Å². The number of aliphatic hydroxyl groups excluding tert-OH is 1. The molecular weight excluding hydrogens is 481 g/mol. The minimum Gasteiger partial charge on any atom is -0.494 e. The SMILES string of the molecule is CC[C@@]1(O)C(=O)OCc2c1cc1n(c2=O)Cc2c-1nc1cc(F)c(OC)cc1c2CN(CCO)C(C)C. The monoisotopic (exact) mass is 511 g/mol. The fourth-order valence-electron chi connectivity index (χ4n) is 5.35. The van der Waals surface area contributed by atoms with Crippen LogP contribution in [0.25, 0.3) is 22.3 Å². The third kappa shape index (κ3) is 3.82. The summed E-state index contributed by atoms with van der Waals surface area (Å²) in [6.45, 7) is 6.53. The first-order chi connectivity index (χ1) is 17.6. The van der Waals surface area contributed by atoms with Gasteiger partial charge in [0, 0.05) is 41.7 Å². The average molecular weight is 512 g/mol. The molecule has 0 bridgehead atoms. The van der Waals surface area contributed by atoms with Crippen LogP contribution in [0.15, 0.2) is 23.0 Å². The highest BCUT2D eigenvalue weighted by molar-refractivity contribution is 5.90. The molecule has 9 nitrogen and oxygen atoms in total. The quantitative estimate of drug-likeness (QED) is 0.364. The van der Waals surface area contributed by atoms with E-state index in [0.717, 1.165) is 11.1 Å². The number of esters is 1. The maximum Gasteiger partial charge on any atom is 0.343 e. The average Bonchev–Trinajstić information content (AvgIpc) is 3.24. The molecular formula is C27H30FN3O6. The highest BCUT2D eigenvalue weighted by Crippen LogP contribution is 2.41. The van der Waals surface area contributed by atoms with Gasteiger partial charge in [-0.3, -0.25) is 9.69 Å². The molecule has 2 aliphatic rings. The van der Waals surface area contributed by atoms with E-state index in [9.17, 15) is 24.2 Å². The topological polar surface area (TPSA) is 114 Å². The van der Waals surface area contributed by atoms with Crippen LogP contribution in [0.5, 0.6) is 5.75 Å². The molecule has 10 heteroatoms. The van der Waals surface area contributed by atoms with Gasteiger partial charge in [-0.15, -0.1) is 0 Å². The first-order valence-electron chi connectivity index (χ1n) is 12.4. The van der Waals surface area contributed by atoms with E-state index in [0.29, 0.717) is 35.4 Å². The molecule has 196 valence electrons. The largest absolute Gasteiger partial charge is 0.494 e. The van der Waals surface area contributed by atoms with Crippen molar-refractivity contribution >= 4 is 16.9 Å². The lowest BCUT2D eigenvalue weighted by atomic mass is 9.86. The number of halogens is 1. The number of carbonyl (C=O) groups is 1. The molecule has 0 spiro atoms. The van der Waals surface area contributed by atoms with Crippen LogP contribution in [0.1, 0.15) is 49.4 Å². The van der Waals surface area contributed by atoms with E-state index in [2.05, 4.69) is 4.90 Å². The summed E-state index contributed by atoms with van der Waals surface area (Å²) >= 11 is 0. The number of hydrogen-bond donors (Lipinski definition) is 2. The Kier molecular flexibility index (Phi) is 6.29. The summed E-state index contributed by atoms with van der Waals surface area (Å²) in [5.41, 5.74) is 1.15. The minimum atomic E-state index is -1.93. The van der Waals surface area contributed by atoms with Crippen molar-refractivity contribution in [3.63, 3.8) is 0 Å². The second kappa shape index (κ2) is 9.20. The zero-order chi connectivity index (χ0) is 26.6. The number of methoxy groups -OCH3 is 1. The Hall–Kier alpha value is -3.34. The van der Waals surface area contributed by atoms with Gasteiger partial charge in [-0.2, -0.15) is 0 Å². The third-order valence-electron chi connectivity index (χ3n) is 7.56. The van der Waals surface area contributed by atoms with Crippen LogP contribution < -0.4 is 10.3 Å². The van der Waals surface area contributed by atoms with Gasteiger partial charge < -0.3 is 24.3 Å². The summed E-state index contributed by atoms with van der Waals surface area (Å²) in [6, 6.07) is 4.67.